The molecule has 3 aromatic rings. The largest absolute Gasteiger partial charge is 0.440 e. The van der Waals surface area contributed by atoms with Gasteiger partial charge in [0.25, 0.3) is 0 Å². The highest BCUT2D eigenvalue weighted by Crippen LogP contribution is 2.45. The maximum atomic E-state index is 9.62. The Kier molecular flexibility index (Phi) is 3.51. The number of hydrogen-bond donors (Lipinski definition) is 1. The number of nitriles is 1. The summed E-state index contributed by atoms with van der Waals surface area (Å²) in [7, 11) is 0. The fourth-order valence-corrected chi connectivity index (χ4v) is 3.63. The summed E-state index contributed by atoms with van der Waals surface area (Å²) in [4.78, 5) is 0. The third kappa shape index (κ3) is 2.26. The van der Waals surface area contributed by atoms with Gasteiger partial charge in [0.2, 0.25) is 5.88 Å². The maximum Gasteiger partial charge on any atom is 0.205 e. The van der Waals surface area contributed by atoms with Crippen LogP contribution in [0.15, 0.2) is 76.6 Å². The van der Waals surface area contributed by atoms with Gasteiger partial charge in [-0.1, -0.05) is 64.5 Å². The highest BCUT2D eigenvalue weighted by Gasteiger charge is 2.31. The number of fused-ring (bicyclic) bond motifs is 3. The molecule has 0 amide bonds. The Morgan fingerprint density at radius 1 is 1.04 bits per heavy atom. The number of hydrogen-bond acceptors (Lipinski definition) is 3. The highest BCUT2D eigenvalue weighted by atomic mass is 79.9. The molecule has 1 atom stereocenters. The van der Waals surface area contributed by atoms with Crippen LogP contribution < -0.4 is 10.5 Å². The van der Waals surface area contributed by atoms with E-state index in [9.17, 15) is 5.26 Å². The summed E-state index contributed by atoms with van der Waals surface area (Å²) < 4.78 is 6.82. The van der Waals surface area contributed by atoms with Crippen molar-refractivity contribution < 1.29 is 4.74 Å². The Morgan fingerprint density at radius 2 is 1.88 bits per heavy atom. The molecule has 2 N–H and O–H groups in total. The molecule has 0 fully saturated rings. The lowest BCUT2D eigenvalue weighted by Crippen LogP contribution is -2.21. The number of ether oxygens (including phenoxy) is 1. The summed E-state index contributed by atoms with van der Waals surface area (Å²) in [5.41, 5.74) is 8.48. The average Bonchev–Trinajstić information content (AvgIpc) is 2.60. The molecule has 0 unspecified atom stereocenters. The summed E-state index contributed by atoms with van der Waals surface area (Å²) >= 11 is 3.50. The van der Waals surface area contributed by atoms with Crippen molar-refractivity contribution in [3.8, 4) is 11.8 Å². The van der Waals surface area contributed by atoms with Crippen molar-refractivity contribution in [2.75, 3.05) is 0 Å². The monoisotopic (exact) mass is 376 g/mol. The quantitative estimate of drug-likeness (QED) is 0.662. The first-order chi connectivity index (χ1) is 11.7. The van der Waals surface area contributed by atoms with Crippen molar-refractivity contribution >= 4 is 26.7 Å². The summed E-state index contributed by atoms with van der Waals surface area (Å²) in [6.07, 6.45) is 0. The fraction of sp³-hybridized carbons (Fsp3) is 0.0500. The van der Waals surface area contributed by atoms with Crippen LogP contribution in [-0.4, -0.2) is 0 Å². The molecule has 0 spiro atoms. The van der Waals surface area contributed by atoms with Gasteiger partial charge in [0.05, 0.1) is 5.92 Å². The van der Waals surface area contributed by atoms with Crippen LogP contribution >= 0.6 is 15.9 Å². The molecule has 0 saturated heterocycles. The van der Waals surface area contributed by atoms with Crippen LogP contribution in [0.2, 0.25) is 0 Å². The highest BCUT2D eigenvalue weighted by molar-refractivity contribution is 9.10. The summed E-state index contributed by atoms with van der Waals surface area (Å²) in [5, 5.41) is 11.7. The molecule has 1 aliphatic rings. The molecule has 0 radical (unpaired) electrons. The zero-order valence-electron chi connectivity index (χ0n) is 12.7. The minimum absolute atomic E-state index is 0.173. The van der Waals surface area contributed by atoms with Crippen molar-refractivity contribution in [1.82, 2.24) is 0 Å². The van der Waals surface area contributed by atoms with Crippen molar-refractivity contribution in [1.29, 1.82) is 5.26 Å². The van der Waals surface area contributed by atoms with E-state index < -0.39 is 0 Å². The van der Waals surface area contributed by atoms with Crippen molar-refractivity contribution in [3.63, 3.8) is 0 Å². The number of nitrogens with two attached hydrogens (primary N) is 1. The minimum atomic E-state index is -0.235. The Morgan fingerprint density at radius 3 is 2.67 bits per heavy atom. The number of allylic oxidation sites excluding steroid dienone is 1. The molecule has 3 nitrogen and oxygen atoms in total. The lowest BCUT2D eigenvalue weighted by molar-refractivity contribution is 0.398. The number of halogens is 1. The first kappa shape index (κ1) is 14.8. The Hall–Kier alpha value is -2.77. The molecule has 24 heavy (non-hydrogen) atoms. The predicted molar refractivity (Wildman–Crippen MR) is 97.4 cm³/mol. The Bertz CT molecular complexity index is 1030. The van der Waals surface area contributed by atoms with Gasteiger partial charge in [-0.15, -0.1) is 0 Å². The lowest BCUT2D eigenvalue weighted by atomic mass is 9.82. The van der Waals surface area contributed by atoms with Crippen LogP contribution in [0.4, 0.5) is 0 Å². The van der Waals surface area contributed by atoms with Gasteiger partial charge in [0, 0.05) is 15.4 Å². The van der Waals surface area contributed by atoms with Gasteiger partial charge in [-0.25, -0.2) is 0 Å². The molecule has 3 aromatic carbocycles. The van der Waals surface area contributed by atoms with Gasteiger partial charge < -0.3 is 10.5 Å². The van der Waals surface area contributed by atoms with Crippen molar-refractivity contribution in [2.45, 2.75) is 5.92 Å². The Labute approximate surface area is 148 Å². The standard InChI is InChI=1S/C20H13BrN2O/c21-14-6-3-5-13(10-14)18-16-9-8-12-4-1-2-7-15(12)19(16)24-20(23)17(18)11-22/h1-10,18H,23H2/t18-/m0/s1. The van der Waals surface area contributed by atoms with Gasteiger partial charge >= 0.3 is 0 Å². The van der Waals surface area contributed by atoms with E-state index in [0.29, 0.717) is 5.57 Å². The second-order valence-corrected chi connectivity index (χ2v) is 6.60. The van der Waals surface area contributed by atoms with E-state index in [1.165, 1.54) is 0 Å². The van der Waals surface area contributed by atoms with Crippen molar-refractivity contribution in [2.24, 2.45) is 5.73 Å². The van der Waals surface area contributed by atoms with Gasteiger partial charge in [-0.2, -0.15) is 5.26 Å². The van der Waals surface area contributed by atoms with E-state index in [-0.39, 0.29) is 11.8 Å². The second kappa shape index (κ2) is 5.70. The predicted octanol–water partition coefficient (Wildman–Crippen LogP) is 4.82. The topological polar surface area (TPSA) is 59.0 Å². The minimum Gasteiger partial charge on any atom is -0.440 e. The molecule has 116 valence electrons. The van der Waals surface area contributed by atoms with Crippen LogP contribution in [0.25, 0.3) is 10.8 Å². The molecule has 0 aromatic heterocycles. The molecular formula is C20H13BrN2O. The van der Waals surface area contributed by atoms with E-state index in [0.717, 1.165) is 32.1 Å². The maximum absolute atomic E-state index is 9.62. The molecule has 4 heteroatoms. The smallest absolute Gasteiger partial charge is 0.205 e. The van der Waals surface area contributed by atoms with E-state index >= 15 is 0 Å². The van der Waals surface area contributed by atoms with E-state index in [1.54, 1.807) is 0 Å². The summed E-state index contributed by atoms with van der Waals surface area (Å²) in [5.74, 6) is 0.668. The van der Waals surface area contributed by atoms with Gasteiger partial charge in [0.1, 0.15) is 17.4 Å². The molecule has 1 aliphatic heterocycles. The number of benzene rings is 3. The third-order valence-electron chi connectivity index (χ3n) is 4.29. The van der Waals surface area contributed by atoms with Gasteiger partial charge in [-0.05, 0) is 23.1 Å². The fourth-order valence-electron chi connectivity index (χ4n) is 3.22. The average molecular weight is 377 g/mol. The second-order valence-electron chi connectivity index (χ2n) is 5.68. The number of nitrogens with zero attached hydrogens (tertiary/aromatic N) is 1. The van der Waals surface area contributed by atoms with E-state index in [2.05, 4.69) is 28.1 Å². The summed E-state index contributed by atoms with van der Waals surface area (Å²) in [6, 6.07) is 22.2. The molecule has 0 bridgehead atoms. The first-order valence-corrected chi connectivity index (χ1v) is 8.33. The van der Waals surface area contributed by atoms with Gasteiger partial charge in [-0.3, -0.25) is 0 Å². The van der Waals surface area contributed by atoms with Crippen LogP contribution in [0.5, 0.6) is 5.75 Å². The zero-order chi connectivity index (χ0) is 16.7. The lowest BCUT2D eigenvalue weighted by Gasteiger charge is -2.27. The SMILES string of the molecule is N#CC1=C(N)Oc2c(ccc3ccccc23)[C@@H]1c1cccc(Br)c1. The molecular weight excluding hydrogens is 364 g/mol. The number of rotatable bonds is 1. The van der Waals surface area contributed by atoms with Crippen LogP contribution in [-0.2, 0) is 0 Å². The van der Waals surface area contributed by atoms with Crippen LogP contribution in [0.1, 0.15) is 17.0 Å². The zero-order valence-corrected chi connectivity index (χ0v) is 14.2. The van der Waals surface area contributed by atoms with Gasteiger partial charge in [0.15, 0.2) is 0 Å². The van der Waals surface area contributed by atoms with Crippen molar-refractivity contribution in [3.05, 3.63) is 87.7 Å². The molecule has 0 aliphatic carbocycles. The van der Waals surface area contributed by atoms with E-state index in [4.69, 9.17) is 10.5 Å². The molecule has 1 heterocycles. The van der Waals surface area contributed by atoms with Crippen LogP contribution in [0.3, 0.4) is 0 Å². The summed E-state index contributed by atoms with van der Waals surface area (Å²) in [6.45, 7) is 0. The van der Waals surface area contributed by atoms with Crippen LogP contribution in [0, 0.1) is 11.3 Å². The third-order valence-corrected chi connectivity index (χ3v) is 4.78. The van der Waals surface area contributed by atoms with E-state index in [1.807, 2.05) is 54.6 Å². The normalized spacial score (nSPS) is 16.4. The molecule has 4 rings (SSSR count). The molecule has 0 saturated carbocycles. The Balaban J connectivity index is 2.02. The first-order valence-electron chi connectivity index (χ1n) is 7.53.